The minimum Gasteiger partial charge on any atom is -0.388 e. The van der Waals surface area contributed by atoms with Crippen molar-refractivity contribution in [3.63, 3.8) is 0 Å². The van der Waals surface area contributed by atoms with Crippen LogP contribution in [0, 0.1) is 18.6 Å². The van der Waals surface area contributed by atoms with Gasteiger partial charge < -0.3 is 5.11 Å². The molecule has 0 aliphatic rings. The number of rotatable bonds is 3. The monoisotopic (exact) mass is 326 g/mol. The second kappa shape index (κ2) is 5.80. The number of aliphatic hydroxyl groups excluding tert-OH is 1. The predicted molar refractivity (Wildman–Crippen MR) is 73.9 cm³/mol. The van der Waals surface area contributed by atoms with Crippen molar-refractivity contribution in [1.29, 1.82) is 0 Å². The summed E-state index contributed by atoms with van der Waals surface area (Å²) >= 11 is 3.37. The summed E-state index contributed by atoms with van der Waals surface area (Å²) in [5.74, 6) is -1.79. The van der Waals surface area contributed by atoms with E-state index in [1.807, 2.05) is 19.1 Å². The van der Waals surface area contributed by atoms with E-state index in [-0.39, 0.29) is 12.0 Å². The van der Waals surface area contributed by atoms with Gasteiger partial charge in [-0.1, -0.05) is 40.2 Å². The third-order valence-electron chi connectivity index (χ3n) is 2.96. The Morgan fingerprint density at radius 2 is 1.95 bits per heavy atom. The molecule has 0 radical (unpaired) electrons. The van der Waals surface area contributed by atoms with Gasteiger partial charge in [0.25, 0.3) is 0 Å². The van der Waals surface area contributed by atoms with Crippen LogP contribution in [-0.4, -0.2) is 5.11 Å². The molecule has 19 heavy (non-hydrogen) atoms. The highest BCUT2D eigenvalue weighted by Gasteiger charge is 2.16. The van der Waals surface area contributed by atoms with Gasteiger partial charge in [0, 0.05) is 10.9 Å². The third-order valence-corrected chi connectivity index (χ3v) is 3.65. The normalized spacial score (nSPS) is 12.5. The molecule has 1 atom stereocenters. The summed E-state index contributed by atoms with van der Waals surface area (Å²) in [6, 6.07) is 9.49. The van der Waals surface area contributed by atoms with Crippen LogP contribution < -0.4 is 0 Å². The SMILES string of the molecule is Cc1ccc(C(O)Cc2cccc(F)c2F)c(Br)c1. The van der Waals surface area contributed by atoms with Crippen LogP contribution >= 0.6 is 15.9 Å². The molecule has 4 heteroatoms. The maximum absolute atomic E-state index is 13.5. The summed E-state index contributed by atoms with van der Waals surface area (Å²) in [7, 11) is 0. The van der Waals surface area contributed by atoms with Crippen molar-refractivity contribution in [3.05, 3.63) is 69.2 Å². The van der Waals surface area contributed by atoms with E-state index in [9.17, 15) is 13.9 Å². The van der Waals surface area contributed by atoms with Crippen LogP contribution in [0.3, 0.4) is 0 Å². The summed E-state index contributed by atoms with van der Waals surface area (Å²) in [4.78, 5) is 0. The van der Waals surface area contributed by atoms with E-state index in [1.54, 1.807) is 6.07 Å². The van der Waals surface area contributed by atoms with E-state index in [4.69, 9.17) is 0 Å². The van der Waals surface area contributed by atoms with E-state index in [0.717, 1.165) is 16.1 Å². The first-order valence-corrected chi connectivity index (χ1v) is 6.65. The van der Waals surface area contributed by atoms with Gasteiger partial charge in [0.05, 0.1) is 6.10 Å². The first-order valence-electron chi connectivity index (χ1n) is 5.86. The Kier molecular flexibility index (Phi) is 4.32. The highest BCUT2D eigenvalue weighted by atomic mass is 79.9. The summed E-state index contributed by atoms with van der Waals surface area (Å²) in [6.07, 6.45) is -0.850. The fourth-order valence-corrected chi connectivity index (χ4v) is 2.68. The van der Waals surface area contributed by atoms with Gasteiger partial charge in [-0.2, -0.15) is 0 Å². The van der Waals surface area contributed by atoms with E-state index in [1.165, 1.54) is 12.1 Å². The van der Waals surface area contributed by atoms with Crippen molar-refractivity contribution in [2.75, 3.05) is 0 Å². The van der Waals surface area contributed by atoms with Crippen LogP contribution in [-0.2, 0) is 6.42 Å². The third kappa shape index (κ3) is 3.19. The molecule has 0 saturated heterocycles. The topological polar surface area (TPSA) is 20.2 Å². The zero-order valence-corrected chi connectivity index (χ0v) is 11.9. The molecule has 0 bridgehead atoms. The lowest BCUT2D eigenvalue weighted by molar-refractivity contribution is 0.176. The molecule has 2 aromatic carbocycles. The number of halogens is 3. The molecule has 0 saturated carbocycles. The predicted octanol–water partition coefficient (Wildman–Crippen LogP) is 4.31. The van der Waals surface area contributed by atoms with Gasteiger partial charge in [-0.15, -0.1) is 0 Å². The zero-order chi connectivity index (χ0) is 14.0. The van der Waals surface area contributed by atoms with Crippen LogP contribution in [0.4, 0.5) is 8.78 Å². The molecule has 2 rings (SSSR count). The molecule has 1 unspecified atom stereocenters. The fourth-order valence-electron chi connectivity index (χ4n) is 1.93. The maximum Gasteiger partial charge on any atom is 0.162 e. The van der Waals surface area contributed by atoms with E-state index >= 15 is 0 Å². The minimum atomic E-state index is -0.898. The fraction of sp³-hybridized carbons (Fsp3) is 0.200. The molecular weight excluding hydrogens is 314 g/mol. The molecule has 0 aliphatic carbocycles. The van der Waals surface area contributed by atoms with E-state index < -0.39 is 17.7 Å². The van der Waals surface area contributed by atoms with Gasteiger partial charge in [0.15, 0.2) is 11.6 Å². The number of benzene rings is 2. The van der Waals surface area contributed by atoms with Crippen molar-refractivity contribution in [1.82, 2.24) is 0 Å². The van der Waals surface area contributed by atoms with Crippen molar-refractivity contribution in [2.45, 2.75) is 19.4 Å². The Hall–Kier alpha value is -1.26. The van der Waals surface area contributed by atoms with Crippen LogP contribution in [0.25, 0.3) is 0 Å². The molecule has 0 aliphatic heterocycles. The molecule has 0 fully saturated rings. The smallest absolute Gasteiger partial charge is 0.162 e. The van der Waals surface area contributed by atoms with Crippen LogP contribution in [0.5, 0.6) is 0 Å². The number of hydrogen-bond donors (Lipinski definition) is 1. The maximum atomic E-state index is 13.5. The second-order valence-electron chi connectivity index (χ2n) is 4.46. The van der Waals surface area contributed by atoms with Crippen molar-refractivity contribution < 1.29 is 13.9 Å². The number of aryl methyl sites for hydroxylation is 1. The van der Waals surface area contributed by atoms with Gasteiger partial charge >= 0.3 is 0 Å². The second-order valence-corrected chi connectivity index (χ2v) is 5.31. The Morgan fingerprint density at radius 3 is 2.63 bits per heavy atom. The highest BCUT2D eigenvalue weighted by molar-refractivity contribution is 9.10. The lowest BCUT2D eigenvalue weighted by Gasteiger charge is -2.14. The minimum absolute atomic E-state index is 0.0330. The molecule has 1 N–H and O–H groups in total. The van der Waals surface area contributed by atoms with E-state index in [2.05, 4.69) is 15.9 Å². The van der Waals surface area contributed by atoms with Crippen LogP contribution in [0.1, 0.15) is 22.8 Å². The van der Waals surface area contributed by atoms with E-state index in [0.29, 0.717) is 5.56 Å². The lowest BCUT2D eigenvalue weighted by Crippen LogP contribution is -2.05. The first kappa shape index (κ1) is 14.2. The van der Waals surface area contributed by atoms with Crippen molar-refractivity contribution in [2.24, 2.45) is 0 Å². The Balaban J connectivity index is 2.25. The standard InChI is InChI=1S/C15H13BrF2O/c1-9-5-6-11(12(16)7-9)14(19)8-10-3-2-4-13(17)15(10)18/h2-7,14,19H,8H2,1H3. The molecule has 2 aromatic rings. The largest absolute Gasteiger partial charge is 0.388 e. The molecule has 100 valence electrons. The van der Waals surface area contributed by atoms with Gasteiger partial charge in [-0.05, 0) is 35.7 Å². The van der Waals surface area contributed by atoms with Crippen molar-refractivity contribution in [3.8, 4) is 0 Å². The molecule has 0 amide bonds. The molecule has 0 aromatic heterocycles. The average molecular weight is 327 g/mol. The van der Waals surface area contributed by atoms with Gasteiger partial charge in [0.2, 0.25) is 0 Å². The van der Waals surface area contributed by atoms with Crippen LogP contribution in [0.15, 0.2) is 40.9 Å². The molecular formula is C15H13BrF2O. The van der Waals surface area contributed by atoms with Gasteiger partial charge in [-0.25, -0.2) is 8.78 Å². The molecule has 0 spiro atoms. The Bertz CT molecular complexity index is 599. The van der Waals surface area contributed by atoms with Crippen molar-refractivity contribution >= 4 is 15.9 Å². The summed E-state index contributed by atoms with van der Waals surface area (Å²) in [5, 5.41) is 10.1. The lowest BCUT2D eigenvalue weighted by atomic mass is 10.00. The van der Waals surface area contributed by atoms with Gasteiger partial charge in [0.1, 0.15) is 0 Å². The average Bonchev–Trinajstić information content (AvgIpc) is 2.34. The van der Waals surface area contributed by atoms with Crippen LogP contribution in [0.2, 0.25) is 0 Å². The Morgan fingerprint density at radius 1 is 1.21 bits per heavy atom. The summed E-state index contributed by atoms with van der Waals surface area (Å²) in [6.45, 7) is 1.94. The van der Waals surface area contributed by atoms with Gasteiger partial charge in [-0.3, -0.25) is 0 Å². The number of aliphatic hydroxyl groups is 1. The number of hydrogen-bond acceptors (Lipinski definition) is 1. The highest BCUT2D eigenvalue weighted by Crippen LogP contribution is 2.28. The Labute approximate surface area is 119 Å². The first-order chi connectivity index (χ1) is 8.99. The summed E-state index contributed by atoms with van der Waals surface area (Å²) in [5.41, 5.74) is 1.88. The summed E-state index contributed by atoms with van der Waals surface area (Å²) < 4.78 is 27.4. The molecule has 1 nitrogen and oxygen atoms in total. The molecule has 0 heterocycles. The zero-order valence-electron chi connectivity index (χ0n) is 10.3. The quantitative estimate of drug-likeness (QED) is 0.891.